The number of fused-ring (bicyclic) bond motifs is 1. The van der Waals surface area contributed by atoms with Crippen molar-refractivity contribution in [3.8, 4) is 11.4 Å². The first-order valence-corrected chi connectivity index (χ1v) is 7.55. The monoisotopic (exact) mass is 318 g/mol. The highest BCUT2D eigenvalue weighted by molar-refractivity contribution is 5.76. The van der Waals surface area contributed by atoms with Crippen molar-refractivity contribution in [3.05, 3.63) is 76.7 Å². The molecule has 0 amide bonds. The fraction of sp³-hybridized carbons (Fsp3) is 0.111. The highest BCUT2D eigenvalue weighted by atomic mass is 16.5. The molecule has 4 aromatic rings. The third-order valence-electron chi connectivity index (χ3n) is 3.89. The van der Waals surface area contributed by atoms with Crippen LogP contribution in [0.4, 0.5) is 0 Å². The third-order valence-corrected chi connectivity index (χ3v) is 3.89. The van der Waals surface area contributed by atoms with Crippen LogP contribution in [0, 0.1) is 6.92 Å². The predicted molar refractivity (Wildman–Crippen MR) is 89.6 cm³/mol. The lowest BCUT2D eigenvalue weighted by atomic mass is 10.1. The zero-order chi connectivity index (χ0) is 16.5. The molecule has 6 nitrogen and oxygen atoms in total. The van der Waals surface area contributed by atoms with E-state index in [0.717, 1.165) is 11.1 Å². The van der Waals surface area contributed by atoms with Gasteiger partial charge in [-0.25, -0.2) is 4.98 Å². The van der Waals surface area contributed by atoms with Crippen molar-refractivity contribution in [1.29, 1.82) is 0 Å². The maximum atomic E-state index is 12.5. The Labute approximate surface area is 137 Å². The van der Waals surface area contributed by atoms with E-state index < -0.39 is 0 Å². The SMILES string of the molecule is Cc1ccccc1-c1noc(Cn2cnc3ccccc3c2=O)n1. The van der Waals surface area contributed by atoms with E-state index in [0.29, 0.717) is 22.6 Å². The molecular weight excluding hydrogens is 304 g/mol. The van der Waals surface area contributed by atoms with Crippen LogP contribution in [0.1, 0.15) is 11.5 Å². The Balaban J connectivity index is 1.69. The molecule has 0 atom stereocenters. The van der Waals surface area contributed by atoms with Crippen molar-refractivity contribution in [1.82, 2.24) is 19.7 Å². The van der Waals surface area contributed by atoms with Gasteiger partial charge in [-0.1, -0.05) is 41.6 Å². The number of hydrogen-bond acceptors (Lipinski definition) is 5. The Morgan fingerprint density at radius 2 is 1.88 bits per heavy atom. The number of para-hydroxylation sites is 1. The Kier molecular flexibility index (Phi) is 3.42. The van der Waals surface area contributed by atoms with Gasteiger partial charge in [-0.3, -0.25) is 9.36 Å². The van der Waals surface area contributed by atoms with E-state index in [1.165, 1.54) is 10.9 Å². The first kappa shape index (κ1) is 14.3. The van der Waals surface area contributed by atoms with Crippen molar-refractivity contribution in [2.75, 3.05) is 0 Å². The maximum Gasteiger partial charge on any atom is 0.261 e. The van der Waals surface area contributed by atoms with E-state index in [1.54, 1.807) is 6.07 Å². The van der Waals surface area contributed by atoms with Crippen LogP contribution in [-0.2, 0) is 6.54 Å². The van der Waals surface area contributed by atoms with E-state index in [4.69, 9.17) is 4.52 Å². The molecule has 118 valence electrons. The first-order valence-electron chi connectivity index (χ1n) is 7.55. The standard InChI is InChI=1S/C18H14N4O2/c1-12-6-2-3-7-13(12)17-20-16(24-21-17)10-22-11-19-15-9-5-4-8-14(15)18(22)23/h2-9,11H,10H2,1H3. The largest absolute Gasteiger partial charge is 0.337 e. The van der Waals surface area contributed by atoms with E-state index in [9.17, 15) is 4.79 Å². The quantitative estimate of drug-likeness (QED) is 0.581. The molecule has 24 heavy (non-hydrogen) atoms. The summed E-state index contributed by atoms with van der Waals surface area (Å²) < 4.78 is 6.77. The average molecular weight is 318 g/mol. The molecule has 0 aliphatic carbocycles. The van der Waals surface area contributed by atoms with E-state index >= 15 is 0 Å². The van der Waals surface area contributed by atoms with Crippen LogP contribution in [0.15, 0.2) is 64.2 Å². The highest BCUT2D eigenvalue weighted by Gasteiger charge is 2.12. The van der Waals surface area contributed by atoms with Crippen molar-refractivity contribution in [2.45, 2.75) is 13.5 Å². The molecule has 0 spiro atoms. The molecule has 6 heteroatoms. The van der Waals surface area contributed by atoms with E-state index in [1.807, 2.05) is 49.4 Å². The van der Waals surface area contributed by atoms with Crippen LogP contribution in [0.5, 0.6) is 0 Å². The van der Waals surface area contributed by atoms with Crippen LogP contribution in [-0.4, -0.2) is 19.7 Å². The molecule has 0 saturated heterocycles. The number of nitrogens with zero attached hydrogens (tertiary/aromatic N) is 4. The lowest BCUT2D eigenvalue weighted by molar-refractivity contribution is 0.369. The summed E-state index contributed by atoms with van der Waals surface area (Å²) >= 11 is 0. The molecule has 2 aromatic heterocycles. The predicted octanol–water partition coefficient (Wildman–Crippen LogP) is 2.80. The molecule has 2 heterocycles. The topological polar surface area (TPSA) is 73.8 Å². The summed E-state index contributed by atoms with van der Waals surface area (Å²) in [5, 5.41) is 4.58. The molecule has 0 bridgehead atoms. The maximum absolute atomic E-state index is 12.5. The lowest BCUT2D eigenvalue weighted by Gasteiger charge is -2.03. The summed E-state index contributed by atoms with van der Waals surface area (Å²) in [5.74, 6) is 0.886. The minimum atomic E-state index is -0.128. The van der Waals surface area contributed by atoms with Crippen LogP contribution >= 0.6 is 0 Å². The number of rotatable bonds is 3. The molecule has 0 N–H and O–H groups in total. The Hall–Kier alpha value is -3.28. The second kappa shape index (κ2) is 5.73. The summed E-state index contributed by atoms with van der Waals surface area (Å²) in [6, 6.07) is 15.1. The van der Waals surface area contributed by atoms with Gasteiger partial charge in [0.05, 0.1) is 17.2 Å². The van der Waals surface area contributed by atoms with Gasteiger partial charge in [0.25, 0.3) is 5.56 Å². The van der Waals surface area contributed by atoms with Gasteiger partial charge in [0, 0.05) is 5.56 Å². The fourth-order valence-electron chi connectivity index (χ4n) is 2.62. The smallest absolute Gasteiger partial charge is 0.261 e. The van der Waals surface area contributed by atoms with Crippen LogP contribution in [0.2, 0.25) is 0 Å². The van der Waals surface area contributed by atoms with Gasteiger partial charge in [-0.05, 0) is 24.6 Å². The van der Waals surface area contributed by atoms with E-state index in [-0.39, 0.29) is 12.1 Å². The fourth-order valence-corrected chi connectivity index (χ4v) is 2.62. The van der Waals surface area contributed by atoms with Crippen molar-refractivity contribution >= 4 is 10.9 Å². The Morgan fingerprint density at radius 3 is 2.75 bits per heavy atom. The first-order chi connectivity index (χ1) is 11.7. The third kappa shape index (κ3) is 2.48. The number of hydrogen-bond donors (Lipinski definition) is 0. The van der Waals surface area contributed by atoms with Gasteiger partial charge in [0.2, 0.25) is 11.7 Å². The average Bonchev–Trinajstić information content (AvgIpc) is 3.06. The molecule has 0 radical (unpaired) electrons. The zero-order valence-corrected chi connectivity index (χ0v) is 13.0. The normalized spacial score (nSPS) is 11.0. The summed E-state index contributed by atoms with van der Waals surface area (Å²) in [5.41, 5.74) is 2.52. The van der Waals surface area contributed by atoms with Crippen LogP contribution in [0.25, 0.3) is 22.3 Å². The Morgan fingerprint density at radius 1 is 1.08 bits per heavy atom. The minimum Gasteiger partial charge on any atom is -0.337 e. The number of aromatic nitrogens is 4. The molecule has 0 saturated carbocycles. The number of benzene rings is 2. The van der Waals surface area contributed by atoms with Crippen molar-refractivity contribution in [3.63, 3.8) is 0 Å². The van der Waals surface area contributed by atoms with Gasteiger partial charge in [-0.15, -0.1) is 0 Å². The van der Waals surface area contributed by atoms with Gasteiger partial charge in [0.15, 0.2) is 0 Å². The molecule has 4 rings (SSSR count). The van der Waals surface area contributed by atoms with Crippen LogP contribution in [0.3, 0.4) is 0 Å². The Bertz CT molecular complexity index is 1080. The van der Waals surface area contributed by atoms with Gasteiger partial charge in [-0.2, -0.15) is 4.98 Å². The van der Waals surface area contributed by atoms with Crippen molar-refractivity contribution < 1.29 is 4.52 Å². The molecule has 0 fully saturated rings. The summed E-state index contributed by atoms with van der Waals surface area (Å²) in [7, 11) is 0. The summed E-state index contributed by atoms with van der Waals surface area (Å²) in [6.07, 6.45) is 1.50. The summed E-state index contributed by atoms with van der Waals surface area (Å²) in [6.45, 7) is 2.18. The molecule has 0 unspecified atom stereocenters. The van der Waals surface area contributed by atoms with Crippen LogP contribution < -0.4 is 5.56 Å². The van der Waals surface area contributed by atoms with Gasteiger partial charge >= 0.3 is 0 Å². The number of aryl methyl sites for hydroxylation is 1. The summed E-state index contributed by atoms with van der Waals surface area (Å²) in [4.78, 5) is 21.2. The van der Waals surface area contributed by atoms with E-state index in [2.05, 4.69) is 15.1 Å². The second-order valence-corrected chi connectivity index (χ2v) is 5.52. The van der Waals surface area contributed by atoms with Gasteiger partial charge in [0.1, 0.15) is 6.54 Å². The highest BCUT2D eigenvalue weighted by Crippen LogP contribution is 2.19. The molecule has 2 aromatic carbocycles. The molecular formula is C18H14N4O2. The lowest BCUT2D eigenvalue weighted by Crippen LogP contribution is -2.21. The van der Waals surface area contributed by atoms with Crippen molar-refractivity contribution in [2.24, 2.45) is 0 Å². The molecule has 0 aliphatic rings. The minimum absolute atomic E-state index is 0.128. The van der Waals surface area contributed by atoms with Gasteiger partial charge < -0.3 is 4.52 Å². The second-order valence-electron chi connectivity index (χ2n) is 5.52. The zero-order valence-electron chi connectivity index (χ0n) is 13.0. The molecule has 0 aliphatic heterocycles.